The van der Waals surface area contributed by atoms with Crippen molar-refractivity contribution in [1.82, 2.24) is 10.2 Å². The van der Waals surface area contributed by atoms with Crippen LogP contribution < -0.4 is 5.32 Å². The fourth-order valence-electron chi connectivity index (χ4n) is 3.66. The molecule has 0 spiro atoms. The first-order valence-corrected chi connectivity index (χ1v) is 7.01. The van der Waals surface area contributed by atoms with Gasteiger partial charge >= 0.3 is 5.97 Å². The van der Waals surface area contributed by atoms with Gasteiger partial charge in [-0.3, -0.25) is 24.1 Å². The van der Waals surface area contributed by atoms with Crippen molar-refractivity contribution in [2.75, 3.05) is 13.1 Å². The van der Waals surface area contributed by atoms with Crippen molar-refractivity contribution < 1.29 is 24.3 Å². The zero-order chi connectivity index (χ0) is 15.1. The lowest BCUT2D eigenvalue weighted by Crippen LogP contribution is -2.37. The number of fused-ring (bicyclic) bond motifs is 5. The van der Waals surface area contributed by atoms with Crippen molar-refractivity contribution in [3.63, 3.8) is 0 Å². The third kappa shape index (κ3) is 2.22. The Labute approximate surface area is 121 Å². The number of likely N-dealkylation sites (tertiary alicyclic amines) is 1. The first-order valence-electron chi connectivity index (χ1n) is 7.01. The summed E-state index contributed by atoms with van der Waals surface area (Å²) in [5.41, 5.74) is 0. The number of rotatable bonds is 5. The maximum absolute atomic E-state index is 12.3. The molecule has 0 aromatic carbocycles. The molecule has 1 saturated carbocycles. The van der Waals surface area contributed by atoms with E-state index in [4.69, 9.17) is 5.11 Å². The average Bonchev–Trinajstić information content (AvgIpc) is 3.10. The zero-order valence-electron chi connectivity index (χ0n) is 11.3. The molecule has 21 heavy (non-hydrogen) atoms. The number of carbonyl (C=O) groups is 4. The Hall–Kier alpha value is -2.18. The highest BCUT2D eigenvalue weighted by Gasteiger charge is 2.58. The molecule has 2 aliphatic carbocycles. The third-order valence-electron chi connectivity index (χ3n) is 4.56. The van der Waals surface area contributed by atoms with Gasteiger partial charge < -0.3 is 10.4 Å². The Kier molecular flexibility index (Phi) is 3.27. The topological polar surface area (TPSA) is 104 Å². The lowest BCUT2D eigenvalue weighted by molar-refractivity contribution is -0.142. The largest absolute Gasteiger partial charge is 0.480 e. The second-order valence-electron chi connectivity index (χ2n) is 5.75. The molecule has 2 bridgehead atoms. The Balaban J connectivity index is 1.58. The minimum absolute atomic E-state index is 0.0234. The van der Waals surface area contributed by atoms with Crippen LogP contribution in [0.2, 0.25) is 0 Å². The maximum atomic E-state index is 12.3. The number of imide groups is 1. The molecule has 112 valence electrons. The van der Waals surface area contributed by atoms with Crippen molar-refractivity contribution in [3.8, 4) is 0 Å². The first kappa shape index (κ1) is 13.8. The van der Waals surface area contributed by atoms with Crippen LogP contribution >= 0.6 is 0 Å². The Bertz CT molecular complexity index is 526. The van der Waals surface area contributed by atoms with Crippen LogP contribution in [0.4, 0.5) is 0 Å². The summed E-state index contributed by atoms with van der Waals surface area (Å²) < 4.78 is 0. The molecule has 3 amide bonds. The number of carboxylic acid groups (broad SMARTS) is 1. The average molecular weight is 292 g/mol. The van der Waals surface area contributed by atoms with Crippen molar-refractivity contribution in [3.05, 3.63) is 12.2 Å². The van der Waals surface area contributed by atoms with Gasteiger partial charge in [-0.2, -0.15) is 0 Å². The number of carboxylic acids is 1. The van der Waals surface area contributed by atoms with Crippen molar-refractivity contribution in [2.45, 2.75) is 12.8 Å². The standard InChI is InChI=1S/C14H16N2O5/c17-9(15-6-10(18)19)3-4-16-13(20)11-7-1-2-8(5-7)12(11)14(16)21/h1-2,7-8,11-12H,3-6H2,(H,15,17)(H,18,19). The van der Waals surface area contributed by atoms with Crippen LogP contribution in [0, 0.1) is 23.7 Å². The molecule has 2 fully saturated rings. The summed E-state index contributed by atoms with van der Waals surface area (Å²) in [6.07, 6.45) is 4.84. The van der Waals surface area contributed by atoms with E-state index in [9.17, 15) is 19.2 Å². The summed E-state index contributed by atoms with van der Waals surface area (Å²) in [5.74, 6) is -2.18. The number of hydrogen-bond acceptors (Lipinski definition) is 4. The fraction of sp³-hybridized carbons (Fsp3) is 0.571. The fourth-order valence-corrected chi connectivity index (χ4v) is 3.66. The number of nitrogens with one attached hydrogen (secondary N) is 1. The predicted molar refractivity (Wildman–Crippen MR) is 69.7 cm³/mol. The third-order valence-corrected chi connectivity index (χ3v) is 4.56. The van der Waals surface area contributed by atoms with Gasteiger partial charge in [-0.05, 0) is 18.3 Å². The van der Waals surface area contributed by atoms with Gasteiger partial charge in [0.2, 0.25) is 17.7 Å². The lowest BCUT2D eigenvalue weighted by Gasteiger charge is -2.16. The van der Waals surface area contributed by atoms with Crippen LogP contribution in [0.5, 0.6) is 0 Å². The van der Waals surface area contributed by atoms with E-state index in [1.807, 2.05) is 12.2 Å². The van der Waals surface area contributed by atoms with E-state index in [0.717, 1.165) is 6.42 Å². The van der Waals surface area contributed by atoms with Crippen LogP contribution in [0.3, 0.4) is 0 Å². The smallest absolute Gasteiger partial charge is 0.322 e. The molecular formula is C14H16N2O5. The molecular weight excluding hydrogens is 276 g/mol. The molecule has 1 saturated heterocycles. The molecule has 0 aromatic rings. The highest BCUT2D eigenvalue weighted by molar-refractivity contribution is 6.06. The van der Waals surface area contributed by atoms with Crippen molar-refractivity contribution >= 4 is 23.7 Å². The normalized spacial score (nSPS) is 32.7. The predicted octanol–water partition coefficient (Wildman–Crippen LogP) is -0.616. The summed E-state index contributed by atoms with van der Waals surface area (Å²) in [7, 11) is 0. The van der Waals surface area contributed by atoms with E-state index in [1.165, 1.54) is 4.90 Å². The molecule has 7 nitrogen and oxygen atoms in total. The minimum atomic E-state index is -1.13. The number of carbonyl (C=O) groups excluding carboxylic acids is 3. The van der Waals surface area contributed by atoms with Crippen LogP contribution in [-0.2, 0) is 19.2 Å². The van der Waals surface area contributed by atoms with Crippen LogP contribution in [0.15, 0.2) is 12.2 Å². The van der Waals surface area contributed by atoms with Crippen LogP contribution in [-0.4, -0.2) is 46.8 Å². The van der Waals surface area contributed by atoms with Crippen molar-refractivity contribution in [1.29, 1.82) is 0 Å². The molecule has 3 rings (SSSR count). The van der Waals surface area contributed by atoms with Crippen LogP contribution in [0.25, 0.3) is 0 Å². The van der Waals surface area contributed by atoms with Crippen LogP contribution in [0.1, 0.15) is 12.8 Å². The number of amides is 3. The lowest BCUT2D eigenvalue weighted by atomic mass is 9.85. The molecule has 2 N–H and O–H groups in total. The molecule has 3 aliphatic rings. The van der Waals surface area contributed by atoms with E-state index in [1.54, 1.807) is 0 Å². The van der Waals surface area contributed by atoms with Gasteiger partial charge in [0, 0.05) is 13.0 Å². The van der Waals surface area contributed by atoms with E-state index in [2.05, 4.69) is 5.32 Å². The number of aliphatic carboxylic acids is 1. The summed E-state index contributed by atoms with van der Waals surface area (Å²) in [6.45, 7) is -0.435. The molecule has 4 atom stereocenters. The Morgan fingerprint density at radius 1 is 1.19 bits per heavy atom. The summed E-state index contributed by atoms with van der Waals surface area (Å²) in [6, 6.07) is 0. The Morgan fingerprint density at radius 3 is 2.29 bits per heavy atom. The highest BCUT2D eigenvalue weighted by Crippen LogP contribution is 2.52. The van der Waals surface area contributed by atoms with Gasteiger partial charge in [0.1, 0.15) is 6.54 Å². The minimum Gasteiger partial charge on any atom is -0.480 e. The molecule has 0 radical (unpaired) electrons. The highest BCUT2D eigenvalue weighted by atomic mass is 16.4. The van der Waals surface area contributed by atoms with Crippen molar-refractivity contribution in [2.24, 2.45) is 23.7 Å². The molecule has 1 heterocycles. The number of nitrogens with zero attached hydrogens (tertiary/aromatic N) is 1. The van der Waals surface area contributed by atoms with E-state index in [0.29, 0.717) is 0 Å². The second-order valence-corrected chi connectivity index (χ2v) is 5.75. The van der Waals surface area contributed by atoms with E-state index < -0.39 is 18.4 Å². The molecule has 1 aliphatic heterocycles. The van der Waals surface area contributed by atoms with Gasteiger partial charge in [-0.1, -0.05) is 12.2 Å². The second kappa shape index (κ2) is 4.98. The zero-order valence-corrected chi connectivity index (χ0v) is 11.3. The molecule has 7 heteroatoms. The first-order chi connectivity index (χ1) is 9.99. The summed E-state index contributed by atoms with van der Waals surface area (Å²) in [4.78, 5) is 47.6. The van der Waals surface area contributed by atoms with Gasteiger partial charge in [0.25, 0.3) is 0 Å². The Morgan fingerprint density at radius 2 is 1.76 bits per heavy atom. The van der Waals surface area contributed by atoms with E-state index in [-0.39, 0.29) is 48.5 Å². The molecule has 4 unspecified atom stereocenters. The monoisotopic (exact) mass is 292 g/mol. The van der Waals surface area contributed by atoms with Gasteiger partial charge in [0.15, 0.2) is 0 Å². The van der Waals surface area contributed by atoms with E-state index >= 15 is 0 Å². The van der Waals surface area contributed by atoms with Gasteiger partial charge in [-0.15, -0.1) is 0 Å². The van der Waals surface area contributed by atoms with Gasteiger partial charge in [0.05, 0.1) is 11.8 Å². The summed E-state index contributed by atoms with van der Waals surface area (Å²) >= 11 is 0. The maximum Gasteiger partial charge on any atom is 0.322 e. The molecule has 0 aromatic heterocycles. The SMILES string of the molecule is O=C(O)CNC(=O)CCN1C(=O)C2C3C=CC(C3)C2C1=O. The van der Waals surface area contributed by atoms with Gasteiger partial charge in [-0.25, -0.2) is 0 Å². The number of allylic oxidation sites excluding steroid dienone is 2. The quantitative estimate of drug-likeness (QED) is 0.519. The summed E-state index contributed by atoms with van der Waals surface area (Å²) in [5, 5.41) is 10.7. The number of hydrogen-bond donors (Lipinski definition) is 2.